The van der Waals surface area contributed by atoms with Crippen LogP contribution in [0.4, 0.5) is 11.8 Å². The zero-order chi connectivity index (χ0) is 21.8. The lowest BCUT2D eigenvalue weighted by atomic mass is 10.2. The van der Waals surface area contributed by atoms with E-state index in [0.717, 1.165) is 29.9 Å². The number of benzene rings is 1. The average molecular weight is 429 g/mol. The predicted octanol–water partition coefficient (Wildman–Crippen LogP) is 2.86. The van der Waals surface area contributed by atoms with Crippen LogP contribution in [0.25, 0.3) is 11.2 Å². The molecule has 4 heterocycles. The number of ether oxygens (including phenoxy) is 1. The Balaban J connectivity index is 1.49. The Morgan fingerprint density at radius 1 is 1.12 bits per heavy atom. The van der Waals surface area contributed by atoms with E-state index in [9.17, 15) is 0 Å². The summed E-state index contributed by atoms with van der Waals surface area (Å²) in [7, 11) is 0. The van der Waals surface area contributed by atoms with E-state index < -0.39 is 0 Å². The topological polar surface area (TPSA) is 93.4 Å². The zero-order valence-electron chi connectivity index (χ0n) is 17.8. The first-order chi connectivity index (χ1) is 15.8. The SMILES string of the molecule is Cc1cccc(C=NNc2nc(N3CCOCC3)nc3c2ncn3Cc2ccncc2)c1. The molecule has 1 aromatic carbocycles. The molecule has 0 radical (unpaired) electrons. The standard InChI is InChI=1S/C23H24N8O/c1-17-3-2-4-19(13-17)14-26-29-21-20-22(28-23(27-21)30-9-11-32-12-10-30)31(16-25-20)15-18-5-7-24-8-6-18/h2-8,13-14,16H,9-12,15H2,1H3,(H,27,28,29). The number of hydrogen-bond acceptors (Lipinski definition) is 8. The minimum absolute atomic E-state index is 0.578. The van der Waals surface area contributed by atoms with Crippen LogP contribution in [0.15, 0.2) is 60.2 Å². The highest BCUT2D eigenvalue weighted by Crippen LogP contribution is 2.24. The van der Waals surface area contributed by atoms with Gasteiger partial charge in [-0.05, 0) is 30.2 Å². The lowest BCUT2D eigenvalue weighted by Crippen LogP contribution is -2.37. The van der Waals surface area contributed by atoms with Gasteiger partial charge in [0.05, 0.1) is 32.3 Å². The maximum Gasteiger partial charge on any atom is 0.229 e. The molecule has 0 amide bonds. The van der Waals surface area contributed by atoms with Gasteiger partial charge in [-0.3, -0.25) is 10.4 Å². The fourth-order valence-electron chi connectivity index (χ4n) is 3.63. The molecule has 4 aromatic rings. The molecular weight excluding hydrogens is 404 g/mol. The van der Waals surface area contributed by atoms with Crippen LogP contribution in [-0.4, -0.2) is 57.0 Å². The van der Waals surface area contributed by atoms with Crippen molar-refractivity contribution in [2.24, 2.45) is 5.10 Å². The minimum atomic E-state index is 0.578. The van der Waals surface area contributed by atoms with E-state index in [-0.39, 0.29) is 0 Å². The number of nitrogens with one attached hydrogen (secondary N) is 1. The average Bonchev–Trinajstić information content (AvgIpc) is 3.23. The summed E-state index contributed by atoms with van der Waals surface area (Å²) >= 11 is 0. The second-order valence-electron chi connectivity index (χ2n) is 7.66. The van der Waals surface area contributed by atoms with Gasteiger partial charge in [-0.1, -0.05) is 29.8 Å². The molecule has 9 nitrogen and oxygen atoms in total. The Labute approximate surface area is 185 Å². The molecule has 0 unspecified atom stereocenters. The fourth-order valence-corrected chi connectivity index (χ4v) is 3.63. The highest BCUT2D eigenvalue weighted by molar-refractivity contribution is 5.86. The van der Waals surface area contributed by atoms with Crippen molar-refractivity contribution in [3.05, 3.63) is 71.8 Å². The molecule has 1 saturated heterocycles. The highest BCUT2D eigenvalue weighted by Gasteiger charge is 2.19. The van der Waals surface area contributed by atoms with Crippen LogP contribution in [0.5, 0.6) is 0 Å². The van der Waals surface area contributed by atoms with Gasteiger partial charge in [0.25, 0.3) is 0 Å². The normalized spacial score (nSPS) is 14.3. The van der Waals surface area contributed by atoms with Crippen LogP contribution >= 0.6 is 0 Å². The number of nitrogens with zero attached hydrogens (tertiary/aromatic N) is 7. The summed E-state index contributed by atoms with van der Waals surface area (Å²) < 4.78 is 7.51. The molecule has 5 rings (SSSR count). The maximum atomic E-state index is 5.49. The molecule has 0 saturated carbocycles. The molecule has 162 valence electrons. The van der Waals surface area contributed by atoms with E-state index in [1.165, 1.54) is 5.56 Å². The summed E-state index contributed by atoms with van der Waals surface area (Å²) in [5.74, 6) is 1.22. The lowest BCUT2D eigenvalue weighted by molar-refractivity contribution is 0.122. The van der Waals surface area contributed by atoms with Crippen molar-refractivity contribution < 1.29 is 4.74 Å². The van der Waals surface area contributed by atoms with Gasteiger partial charge in [0.2, 0.25) is 5.95 Å². The molecule has 9 heteroatoms. The number of morpholine rings is 1. The van der Waals surface area contributed by atoms with Crippen molar-refractivity contribution in [1.82, 2.24) is 24.5 Å². The van der Waals surface area contributed by atoms with Gasteiger partial charge >= 0.3 is 0 Å². The number of fused-ring (bicyclic) bond motifs is 1. The Morgan fingerprint density at radius 2 is 1.97 bits per heavy atom. The number of hydrogen-bond donors (Lipinski definition) is 1. The number of aryl methyl sites for hydroxylation is 1. The lowest BCUT2D eigenvalue weighted by Gasteiger charge is -2.27. The van der Waals surface area contributed by atoms with Crippen LogP contribution in [0.2, 0.25) is 0 Å². The monoisotopic (exact) mass is 428 g/mol. The number of anilines is 2. The third-order valence-electron chi connectivity index (χ3n) is 5.27. The van der Waals surface area contributed by atoms with E-state index >= 15 is 0 Å². The summed E-state index contributed by atoms with van der Waals surface area (Å²) in [6.07, 6.45) is 7.15. The van der Waals surface area contributed by atoms with Crippen molar-refractivity contribution in [3.8, 4) is 0 Å². The molecule has 1 N–H and O–H groups in total. The highest BCUT2D eigenvalue weighted by atomic mass is 16.5. The van der Waals surface area contributed by atoms with Crippen molar-refractivity contribution >= 4 is 29.1 Å². The molecule has 3 aromatic heterocycles. The van der Waals surface area contributed by atoms with E-state index in [1.54, 1.807) is 24.9 Å². The number of imidazole rings is 1. The summed E-state index contributed by atoms with van der Waals surface area (Å²) in [6, 6.07) is 12.1. The van der Waals surface area contributed by atoms with Crippen molar-refractivity contribution in [1.29, 1.82) is 0 Å². The summed E-state index contributed by atoms with van der Waals surface area (Å²) in [5.41, 5.74) is 7.84. The zero-order valence-corrected chi connectivity index (χ0v) is 17.8. The molecule has 1 aliphatic rings. The molecule has 0 spiro atoms. The van der Waals surface area contributed by atoms with Crippen LogP contribution in [0.3, 0.4) is 0 Å². The third kappa shape index (κ3) is 4.42. The van der Waals surface area contributed by atoms with Crippen LogP contribution in [0.1, 0.15) is 16.7 Å². The van der Waals surface area contributed by atoms with Gasteiger partial charge in [-0.2, -0.15) is 15.1 Å². The molecule has 0 aliphatic carbocycles. The minimum Gasteiger partial charge on any atom is -0.378 e. The quantitative estimate of drug-likeness (QED) is 0.373. The van der Waals surface area contributed by atoms with Crippen molar-refractivity contribution in [2.75, 3.05) is 36.6 Å². The van der Waals surface area contributed by atoms with Crippen molar-refractivity contribution in [2.45, 2.75) is 13.5 Å². The first-order valence-corrected chi connectivity index (χ1v) is 10.6. The summed E-state index contributed by atoms with van der Waals surface area (Å²) in [4.78, 5) is 20.4. The Bertz CT molecular complexity index is 1230. The van der Waals surface area contributed by atoms with Gasteiger partial charge in [0, 0.05) is 25.5 Å². The summed E-state index contributed by atoms with van der Waals surface area (Å²) in [6.45, 7) is 5.51. The smallest absolute Gasteiger partial charge is 0.229 e. The van der Waals surface area contributed by atoms with Gasteiger partial charge in [0.1, 0.15) is 0 Å². The van der Waals surface area contributed by atoms with Crippen LogP contribution < -0.4 is 10.3 Å². The van der Waals surface area contributed by atoms with Crippen molar-refractivity contribution in [3.63, 3.8) is 0 Å². The predicted molar refractivity (Wildman–Crippen MR) is 124 cm³/mol. The molecule has 32 heavy (non-hydrogen) atoms. The Kier molecular flexibility index (Phi) is 5.71. The second kappa shape index (κ2) is 9.11. The third-order valence-corrected chi connectivity index (χ3v) is 5.27. The first kappa shape index (κ1) is 20.1. The first-order valence-electron chi connectivity index (χ1n) is 10.6. The van der Waals surface area contributed by atoms with Gasteiger partial charge in [-0.25, -0.2) is 4.98 Å². The summed E-state index contributed by atoms with van der Waals surface area (Å²) in [5, 5.41) is 4.42. The van der Waals surface area contributed by atoms with E-state index in [1.807, 2.05) is 28.8 Å². The molecule has 1 aliphatic heterocycles. The Hall–Kier alpha value is -3.85. The molecule has 0 bridgehead atoms. The maximum absolute atomic E-state index is 5.49. The van der Waals surface area contributed by atoms with E-state index in [4.69, 9.17) is 14.7 Å². The van der Waals surface area contributed by atoms with E-state index in [2.05, 4.69) is 44.5 Å². The molecule has 1 fully saturated rings. The van der Waals surface area contributed by atoms with Gasteiger partial charge in [-0.15, -0.1) is 0 Å². The molecule has 0 atom stereocenters. The largest absolute Gasteiger partial charge is 0.378 e. The number of pyridine rings is 1. The fraction of sp³-hybridized carbons (Fsp3) is 0.261. The van der Waals surface area contributed by atoms with Gasteiger partial charge < -0.3 is 14.2 Å². The number of rotatable bonds is 6. The van der Waals surface area contributed by atoms with E-state index in [0.29, 0.717) is 37.0 Å². The second-order valence-corrected chi connectivity index (χ2v) is 7.66. The van der Waals surface area contributed by atoms with Crippen LogP contribution in [-0.2, 0) is 11.3 Å². The Morgan fingerprint density at radius 3 is 2.78 bits per heavy atom. The molecular formula is C23H24N8O. The van der Waals surface area contributed by atoms with Gasteiger partial charge in [0.15, 0.2) is 17.0 Å². The van der Waals surface area contributed by atoms with Crippen LogP contribution in [0, 0.1) is 6.92 Å². The number of aromatic nitrogens is 5. The number of hydrazone groups is 1.